The Kier molecular flexibility index (Phi) is 7.89. The number of rotatable bonds is 8. The molecule has 15 heavy (non-hydrogen) atoms. The van der Waals surface area contributed by atoms with Gasteiger partial charge in [-0.3, -0.25) is 0 Å². The van der Waals surface area contributed by atoms with E-state index in [0.717, 1.165) is 25.7 Å². The fraction of sp³-hybridized carbons (Fsp3) is 0.917. The summed E-state index contributed by atoms with van der Waals surface area (Å²) in [5.41, 5.74) is 0. The Labute approximate surface area is 91.3 Å². The second-order valence-corrected chi connectivity index (χ2v) is 4.02. The molecule has 0 aliphatic carbocycles. The normalized spacial score (nSPS) is 12.4. The van der Waals surface area contributed by atoms with Crippen LogP contribution in [0.4, 0.5) is 13.2 Å². The lowest BCUT2D eigenvalue weighted by molar-refractivity contribution is -0.119. The first kappa shape index (κ1) is 14.8. The van der Waals surface area contributed by atoms with Crippen molar-refractivity contribution < 1.29 is 13.2 Å². The van der Waals surface area contributed by atoms with Crippen LogP contribution in [0.15, 0.2) is 0 Å². The number of hydrogen-bond donors (Lipinski definition) is 0. The van der Waals surface area contributed by atoms with Crippen molar-refractivity contribution in [3.63, 3.8) is 0 Å². The van der Waals surface area contributed by atoms with E-state index >= 15 is 0 Å². The van der Waals surface area contributed by atoms with Crippen LogP contribution >= 0.6 is 0 Å². The standard InChI is InChI=1S/C12H22F3/c1-3-5-7-9-11(12(13,14)15)10-8-6-4-2/h3-10H2,1-2H3. The predicted molar refractivity (Wildman–Crippen MR) is 57.6 cm³/mol. The Balaban J connectivity index is 3.85. The van der Waals surface area contributed by atoms with E-state index in [1.165, 1.54) is 0 Å². The van der Waals surface area contributed by atoms with Gasteiger partial charge in [0.25, 0.3) is 0 Å². The van der Waals surface area contributed by atoms with Crippen molar-refractivity contribution in [2.45, 2.75) is 71.4 Å². The lowest BCUT2D eigenvalue weighted by atomic mass is 9.94. The van der Waals surface area contributed by atoms with Crippen molar-refractivity contribution in [3.8, 4) is 0 Å². The third kappa shape index (κ3) is 7.69. The monoisotopic (exact) mass is 223 g/mol. The predicted octanol–water partition coefficient (Wildman–Crippen LogP) is 5.28. The average Bonchev–Trinajstić information content (AvgIpc) is 2.14. The molecular formula is C12H22F3. The zero-order chi connectivity index (χ0) is 11.7. The van der Waals surface area contributed by atoms with E-state index in [2.05, 4.69) is 0 Å². The second-order valence-electron chi connectivity index (χ2n) is 4.02. The van der Waals surface area contributed by atoms with Gasteiger partial charge in [-0.15, -0.1) is 0 Å². The summed E-state index contributed by atoms with van der Waals surface area (Å²) >= 11 is 0. The number of halogens is 3. The molecule has 0 spiro atoms. The van der Waals surface area contributed by atoms with Crippen LogP contribution in [0, 0.1) is 5.92 Å². The summed E-state index contributed by atoms with van der Waals surface area (Å²) in [6.45, 7) is 4.01. The summed E-state index contributed by atoms with van der Waals surface area (Å²) in [7, 11) is 0. The van der Waals surface area contributed by atoms with Crippen LogP contribution in [0.25, 0.3) is 0 Å². The first-order valence-corrected chi connectivity index (χ1v) is 5.94. The van der Waals surface area contributed by atoms with Gasteiger partial charge < -0.3 is 0 Å². The summed E-state index contributed by atoms with van der Waals surface area (Å²) in [5, 5.41) is 0. The van der Waals surface area contributed by atoms with Gasteiger partial charge in [0, 0.05) is 0 Å². The molecule has 0 fully saturated rings. The first-order valence-electron chi connectivity index (χ1n) is 5.94. The highest BCUT2D eigenvalue weighted by Crippen LogP contribution is 2.36. The zero-order valence-electron chi connectivity index (χ0n) is 9.79. The molecule has 3 heteroatoms. The summed E-state index contributed by atoms with van der Waals surface area (Å²) in [4.78, 5) is 0. The molecule has 1 radical (unpaired) electrons. The van der Waals surface area contributed by atoms with Gasteiger partial charge in [-0.25, -0.2) is 0 Å². The van der Waals surface area contributed by atoms with Crippen LogP contribution < -0.4 is 0 Å². The SMILES string of the molecule is CCCCC[C](CCCCC)C(F)(F)F. The Hall–Kier alpha value is -0.210. The van der Waals surface area contributed by atoms with E-state index in [1.54, 1.807) is 0 Å². The lowest BCUT2D eigenvalue weighted by Gasteiger charge is -2.19. The highest BCUT2D eigenvalue weighted by atomic mass is 19.4. The lowest BCUT2D eigenvalue weighted by Crippen LogP contribution is -2.20. The van der Waals surface area contributed by atoms with Crippen LogP contribution in [0.2, 0.25) is 0 Å². The maximum absolute atomic E-state index is 12.5. The molecule has 0 aliphatic rings. The van der Waals surface area contributed by atoms with Gasteiger partial charge in [0.2, 0.25) is 0 Å². The van der Waals surface area contributed by atoms with E-state index in [-0.39, 0.29) is 18.8 Å². The molecule has 0 heterocycles. The van der Waals surface area contributed by atoms with Gasteiger partial charge in [0.15, 0.2) is 0 Å². The van der Waals surface area contributed by atoms with Gasteiger partial charge in [0.1, 0.15) is 0 Å². The first-order chi connectivity index (χ1) is 7.02. The van der Waals surface area contributed by atoms with Crippen LogP contribution in [0.3, 0.4) is 0 Å². The molecular weight excluding hydrogens is 201 g/mol. The maximum atomic E-state index is 12.5. The highest BCUT2D eigenvalue weighted by Gasteiger charge is 2.38. The summed E-state index contributed by atoms with van der Waals surface area (Å²) < 4.78 is 37.6. The number of hydrogen-bond acceptors (Lipinski definition) is 0. The van der Waals surface area contributed by atoms with Crippen molar-refractivity contribution in [3.05, 3.63) is 5.92 Å². The van der Waals surface area contributed by atoms with E-state index in [9.17, 15) is 13.2 Å². The second kappa shape index (κ2) is 8.00. The third-order valence-corrected chi connectivity index (χ3v) is 2.57. The molecule has 91 valence electrons. The summed E-state index contributed by atoms with van der Waals surface area (Å²) in [6.07, 6.45) is 1.50. The molecule has 0 aromatic rings. The zero-order valence-corrected chi connectivity index (χ0v) is 9.79. The van der Waals surface area contributed by atoms with Crippen molar-refractivity contribution in [1.82, 2.24) is 0 Å². The molecule has 0 N–H and O–H groups in total. The van der Waals surface area contributed by atoms with Crippen LogP contribution in [-0.2, 0) is 0 Å². The topological polar surface area (TPSA) is 0 Å². The molecule has 0 unspecified atom stereocenters. The molecule has 0 rings (SSSR count). The molecule has 0 saturated heterocycles. The quantitative estimate of drug-likeness (QED) is 0.491. The largest absolute Gasteiger partial charge is 0.395 e. The maximum Gasteiger partial charge on any atom is 0.395 e. The molecule has 0 aromatic carbocycles. The van der Waals surface area contributed by atoms with Crippen molar-refractivity contribution in [1.29, 1.82) is 0 Å². The van der Waals surface area contributed by atoms with Gasteiger partial charge >= 0.3 is 6.18 Å². The minimum atomic E-state index is -4.07. The molecule has 0 bridgehead atoms. The summed E-state index contributed by atoms with van der Waals surface area (Å²) in [6, 6.07) is 0. The Morgan fingerprint density at radius 3 is 1.47 bits per heavy atom. The fourth-order valence-corrected chi connectivity index (χ4v) is 1.59. The highest BCUT2D eigenvalue weighted by molar-refractivity contribution is 4.97. The Morgan fingerprint density at radius 1 is 0.800 bits per heavy atom. The molecule has 0 saturated carbocycles. The molecule has 0 amide bonds. The molecule has 0 aliphatic heterocycles. The summed E-state index contributed by atoms with van der Waals surface area (Å²) in [5.74, 6) is -0.204. The van der Waals surface area contributed by atoms with Crippen LogP contribution in [-0.4, -0.2) is 6.18 Å². The van der Waals surface area contributed by atoms with Gasteiger partial charge in [-0.05, 0) is 12.8 Å². The molecule has 0 nitrogen and oxygen atoms in total. The average molecular weight is 223 g/mol. The van der Waals surface area contributed by atoms with E-state index < -0.39 is 6.18 Å². The van der Waals surface area contributed by atoms with Crippen molar-refractivity contribution in [2.75, 3.05) is 0 Å². The number of unbranched alkanes of at least 4 members (excludes halogenated alkanes) is 4. The van der Waals surface area contributed by atoms with Crippen LogP contribution in [0.5, 0.6) is 0 Å². The molecule has 0 atom stereocenters. The van der Waals surface area contributed by atoms with Gasteiger partial charge in [-0.1, -0.05) is 52.4 Å². The van der Waals surface area contributed by atoms with Crippen LogP contribution in [0.1, 0.15) is 65.2 Å². The Bertz CT molecular complexity index is 130. The smallest absolute Gasteiger partial charge is 0.170 e. The minimum Gasteiger partial charge on any atom is -0.170 e. The van der Waals surface area contributed by atoms with Gasteiger partial charge in [-0.2, -0.15) is 13.2 Å². The van der Waals surface area contributed by atoms with E-state index in [4.69, 9.17) is 0 Å². The van der Waals surface area contributed by atoms with Gasteiger partial charge in [0.05, 0.1) is 5.92 Å². The Morgan fingerprint density at radius 2 is 1.20 bits per heavy atom. The van der Waals surface area contributed by atoms with E-state index in [1.807, 2.05) is 13.8 Å². The molecule has 0 aromatic heterocycles. The number of alkyl halides is 3. The van der Waals surface area contributed by atoms with E-state index in [0.29, 0.717) is 12.8 Å². The fourth-order valence-electron chi connectivity index (χ4n) is 1.59. The minimum absolute atomic E-state index is 0.204. The van der Waals surface area contributed by atoms with Crippen molar-refractivity contribution >= 4 is 0 Å². The third-order valence-electron chi connectivity index (χ3n) is 2.57. The van der Waals surface area contributed by atoms with Crippen molar-refractivity contribution in [2.24, 2.45) is 0 Å².